The minimum atomic E-state index is -0.389. The van der Waals surface area contributed by atoms with Crippen LogP contribution in [0.5, 0.6) is 0 Å². The van der Waals surface area contributed by atoms with E-state index < -0.39 is 0 Å². The predicted molar refractivity (Wildman–Crippen MR) is 85.1 cm³/mol. The van der Waals surface area contributed by atoms with Crippen LogP contribution in [0.1, 0.15) is 15.9 Å². The zero-order valence-electron chi connectivity index (χ0n) is 12.4. The number of nitriles is 1. The van der Waals surface area contributed by atoms with Crippen LogP contribution in [0, 0.1) is 11.3 Å². The zero-order chi connectivity index (χ0) is 16.2. The Balaban J connectivity index is 2.00. The van der Waals surface area contributed by atoms with Crippen molar-refractivity contribution in [2.24, 2.45) is 0 Å². The molecule has 2 aromatic carbocycles. The lowest BCUT2D eigenvalue weighted by molar-refractivity contribution is 0.0601. The molecular formula is C18H13N3O2. The summed E-state index contributed by atoms with van der Waals surface area (Å²) in [6.45, 7) is 0. The van der Waals surface area contributed by atoms with Gasteiger partial charge in [0.2, 0.25) is 0 Å². The highest BCUT2D eigenvalue weighted by atomic mass is 16.5. The topological polar surface area (TPSA) is 67.9 Å². The summed E-state index contributed by atoms with van der Waals surface area (Å²) in [5, 5.41) is 13.8. The van der Waals surface area contributed by atoms with Crippen LogP contribution >= 0.6 is 0 Å². The van der Waals surface area contributed by atoms with E-state index in [1.807, 2.05) is 30.3 Å². The molecule has 0 spiro atoms. The molecule has 0 aliphatic carbocycles. The Morgan fingerprint density at radius 3 is 2.43 bits per heavy atom. The molecule has 5 nitrogen and oxygen atoms in total. The monoisotopic (exact) mass is 303 g/mol. The summed E-state index contributed by atoms with van der Waals surface area (Å²) in [5.41, 5.74) is 3.23. The fourth-order valence-corrected chi connectivity index (χ4v) is 2.27. The summed E-state index contributed by atoms with van der Waals surface area (Å²) in [6.07, 6.45) is 1.68. The Morgan fingerprint density at radius 2 is 1.83 bits per heavy atom. The molecule has 0 fully saturated rings. The van der Waals surface area contributed by atoms with Gasteiger partial charge < -0.3 is 4.74 Å². The van der Waals surface area contributed by atoms with E-state index in [2.05, 4.69) is 15.9 Å². The van der Waals surface area contributed by atoms with Gasteiger partial charge in [-0.2, -0.15) is 10.4 Å². The van der Waals surface area contributed by atoms with E-state index in [0.717, 1.165) is 11.3 Å². The minimum Gasteiger partial charge on any atom is -0.465 e. The maximum atomic E-state index is 11.5. The van der Waals surface area contributed by atoms with Crippen LogP contribution in [0.25, 0.3) is 16.9 Å². The van der Waals surface area contributed by atoms with E-state index in [9.17, 15) is 10.1 Å². The molecule has 3 aromatic rings. The maximum Gasteiger partial charge on any atom is 0.337 e. The Kier molecular flexibility index (Phi) is 3.89. The highest BCUT2D eigenvalue weighted by molar-refractivity contribution is 5.89. The van der Waals surface area contributed by atoms with Gasteiger partial charge in [0.15, 0.2) is 0 Å². The van der Waals surface area contributed by atoms with Gasteiger partial charge in [0, 0.05) is 11.8 Å². The van der Waals surface area contributed by atoms with Crippen LogP contribution in [0.15, 0.2) is 60.8 Å². The number of carbonyl (C=O) groups is 1. The summed E-state index contributed by atoms with van der Waals surface area (Å²) in [6, 6.07) is 18.6. The quantitative estimate of drug-likeness (QED) is 0.697. The third-order valence-corrected chi connectivity index (χ3v) is 3.43. The molecule has 1 heterocycles. The highest BCUT2D eigenvalue weighted by Crippen LogP contribution is 2.23. The van der Waals surface area contributed by atoms with Crippen LogP contribution in [0.4, 0.5) is 0 Å². The number of nitrogens with zero attached hydrogens (tertiary/aromatic N) is 3. The molecule has 3 rings (SSSR count). The molecule has 5 heteroatoms. The van der Waals surface area contributed by atoms with Gasteiger partial charge in [0.05, 0.1) is 23.9 Å². The van der Waals surface area contributed by atoms with Crippen molar-refractivity contribution in [3.05, 3.63) is 71.9 Å². The van der Waals surface area contributed by atoms with E-state index >= 15 is 0 Å². The first-order valence-electron chi connectivity index (χ1n) is 6.97. The van der Waals surface area contributed by atoms with Crippen molar-refractivity contribution in [1.82, 2.24) is 9.78 Å². The molecule has 0 aliphatic heterocycles. The average Bonchev–Trinajstić information content (AvgIpc) is 3.06. The molecule has 0 saturated carbocycles. The number of ether oxygens (including phenoxy) is 1. The summed E-state index contributed by atoms with van der Waals surface area (Å²) in [5.74, 6) is -0.389. The van der Waals surface area contributed by atoms with E-state index in [0.29, 0.717) is 16.8 Å². The van der Waals surface area contributed by atoms with Gasteiger partial charge in [-0.25, -0.2) is 9.48 Å². The van der Waals surface area contributed by atoms with Crippen LogP contribution < -0.4 is 0 Å². The summed E-state index contributed by atoms with van der Waals surface area (Å²) in [4.78, 5) is 11.5. The second-order valence-corrected chi connectivity index (χ2v) is 4.85. The summed E-state index contributed by atoms with van der Waals surface area (Å²) in [7, 11) is 1.34. The molecule has 0 amide bonds. The number of methoxy groups -OCH3 is 1. The molecular weight excluding hydrogens is 290 g/mol. The van der Waals surface area contributed by atoms with Gasteiger partial charge >= 0.3 is 5.97 Å². The number of hydrogen-bond donors (Lipinski definition) is 0. The standard InChI is InChI=1S/C18H13N3O2/c1-23-18(22)14-7-9-16(10-8-14)21-12-15(11-19)17(20-21)13-5-3-2-4-6-13/h2-10,12H,1H3. The van der Waals surface area contributed by atoms with E-state index in [1.165, 1.54) is 7.11 Å². The molecule has 112 valence electrons. The molecule has 0 saturated heterocycles. The van der Waals surface area contributed by atoms with Crippen molar-refractivity contribution in [3.8, 4) is 23.0 Å². The molecule has 0 aliphatic rings. The number of aromatic nitrogens is 2. The van der Waals surface area contributed by atoms with Crippen molar-refractivity contribution in [2.75, 3.05) is 7.11 Å². The number of hydrogen-bond acceptors (Lipinski definition) is 4. The molecule has 0 atom stereocenters. The van der Waals surface area contributed by atoms with Crippen molar-refractivity contribution >= 4 is 5.97 Å². The first kappa shape index (κ1) is 14.5. The van der Waals surface area contributed by atoms with Crippen molar-refractivity contribution in [1.29, 1.82) is 5.26 Å². The maximum absolute atomic E-state index is 11.5. The lowest BCUT2D eigenvalue weighted by Gasteiger charge is -2.03. The summed E-state index contributed by atoms with van der Waals surface area (Å²) < 4.78 is 6.30. The zero-order valence-corrected chi connectivity index (χ0v) is 12.4. The van der Waals surface area contributed by atoms with Gasteiger partial charge in [-0.3, -0.25) is 0 Å². The molecule has 0 bridgehead atoms. The third-order valence-electron chi connectivity index (χ3n) is 3.43. The van der Waals surface area contributed by atoms with Crippen LogP contribution in [-0.4, -0.2) is 22.9 Å². The van der Waals surface area contributed by atoms with Crippen LogP contribution in [-0.2, 0) is 4.74 Å². The number of carbonyl (C=O) groups excluding carboxylic acids is 1. The first-order valence-corrected chi connectivity index (χ1v) is 6.97. The van der Waals surface area contributed by atoms with Crippen LogP contribution in [0.2, 0.25) is 0 Å². The smallest absolute Gasteiger partial charge is 0.337 e. The fourth-order valence-electron chi connectivity index (χ4n) is 2.27. The van der Waals surface area contributed by atoms with E-state index in [4.69, 9.17) is 0 Å². The van der Waals surface area contributed by atoms with E-state index in [1.54, 1.807) is 35.1 Å². The Labute approximate surface area is 133 Å². The first-order chi connectivity index (χ1) is 11.2. The summed E-state index contributed by atoms with van der Waals surface area (Å²) >= 11 is 0. The molecule has 0 radical (unpaired) electrons. The number of benzene rings is 2. The average molecular weight is 303 g/mol. The lowest BCUT2D eigenvalue weighted by Crippen LogP contribution is -2.02. The normalized spacial score (nSPS) is 10.1. The van der Waals surface area contributed by atoms with Gasteiger partial charge in [0.25, 0.3) is 0 Å². The van der Waals surface area contributed by atoms with Crippen molar-refractivity contribution in [2.45, 2.75) is 0 Å². The number of rotatable bonds is 3. The van der Waals surface area contributed by atoms with Gasteiger partial charge in [0.1, 0.15) is 11.8 Å². The number of esters is 1. The second-order valence-electron chi connectivity index (χ2n) is 4.85. The molecule has 0 unspecified atom stereocenters. The largest absolute Gasteiger partial charge is 0.465 e. The molecule has 1 aromatic heterocycles. The van der Waals surface area contributed by atoms with Crippen molar-refractivity contribution in [3.63, 3.8) is 0 Å². The van der Waals surface area contributed by atoms with Gasteiger partial charge in [-0.15, -0.1) is 0 Å². The Morgan fingerprint density at radius 1 is 1.13 bits per heavy atom. The van der Waals surface area contributed by atoms with E-state index in [-0.39, 0.29) is 5.97 Å². The fraction of sp³-hybridized carbons (Fsp3) is 0.0556. The Bertz CT molecular complexity index is 875. The molecule has 23 heavy (non-hydrogen) atoms. The predicted octanol–water partition coefficient (Wildman–Crippen LogP) is 3.20. The SMILES string of the molecule is COC(=O)c1ccc(-n2cc(C#N)c(-c3ccccc3)n2)cc1. The van der Waals surface area contributed by atoms with Gasteiger partial charge in [-0.1, -0.05) is 30.3 Å². The second kappa shape index (κ2) is 6.16. The Hall–Kier alpha value is -3.39. The van der Waals surface area contributed by atoms with Crippen molar-refractivity contribution < 1.29 is 9.53 Å². The highest BCUT2D eigenvalue weighted by Gasteiger charge is 2.12. The lowest BCUT2D eigenvalue weighted by atomic mass is 10.1. The molecule has 0 N–H and O–H groups in total. The third kappa shape index (κ3) is 2.83. The van der Waals surface area contributed by atoms with Crippen LogP contribution in [0.3, 0.4) is 0 Å². The minimum absolute atomic E-state index is 0.389. The van der Waals surface area contributed by atoms with Gasteiger partial charge in [-0.05, 0) is 24.3 Å².